The fraction of sp³-hybridized carbons (Fsp3) is 0.150. The van der Waals surface area contributed by atoms with Crippen LogP contribution in [0.1, 0.15) is 15.9 Å². The molecule has 0 radical (unpaired) electrons. The van der Waals surface area contributed by atoms with E-state index < -0.39 is 0 Å². The molecular formula is C20H17ClO2. The van der Waals surface area contributed by atoms with Gasteiger partial charge in [0.2, 0.25) is 0 Å². The van der Waals surface area contributed by atoms with Crippen LogP contribution in [-0.2, 0) is 11.2 Å². The Kier molecular flexibility index (Phi) is 4.94. The Balaban J connectivity index is 1.57. The van der Waals surface area contributed by atoms with Gasteiger partial charge in [0.25, 0.3) is 0 Å². The maximum Gasteiger partial charge on any atom is 0.338 e. The summed E-state index contributed by atoms with van der Waals surface area (Å²) in [4.78, 5) is 12.0. The minimum absolute atomic E-state index is 0.264. The Morgan fingerprint density at radius 3 is 2.52 bits per heavy atom. The zero-order chi connectivity index (χ0) is 16.1. The maximum atomic E-state index is 12.0. The summed E-state index contributed by atoms with van der Waals surface area (Å²) in [5, 5.41) is 0.739. The van der Waals surface area contributed by atoms with Gasteiger partial charge in [0.1, 0.15) is 6.61 Å². The summed E-state index contributed by atoms with van der Waals surface area (Å²) < 4.78 is 5.43. The fourth-order valence-corrected chi connectivity index (χ4v) is 2.72. The van der Waals surface area contributed by atoms with E-state index in [0.29, 0.717) is 12.2 Å². The Morgan fingerprint density at radius 2 is 1.78 bits per heavy atom. The van der Waals surface area contributed by atoms with Crippen molar-refractivity contribution < 1.29 is 9.53 Å². The second-order valence-electron chi connectivity index (χ2n) is 5.51. The molecule has 0 saturated heterocycles. The van der Waals surface area contributed by atoms with Crippen LogP contribution in [0.3, 0.4) is 0 Å². The van der Waals surface area contributed by atoms with Gasteiger partial charge in [-0.1, -0.05) is 60.2 Å². The number of hydrogen-bond donors (Lipinski definition) is 0. The monoisotopic (exact) mass is 324 g/mol. The second kappa shape index (κ2) is 7.30. The lowest BCUT2D eigenvalue weighted by Gasteiger charge is -2.14. The molecule has 2 aromatic carbocycles. The minimum Gasteiger partial charge on any atom is -0.458 e. The first kappa shape index (κ1) is 15.6. The number of rotatable bonds is 5. The molecule has 0 bridgehead atoms. The summed E-state index contributed by atoms with van der Waals surface area (Å²) in [6.45, 7) is 0.318. The van der Waals surface area contributed by atoms with Crippen LogP contribution in [-0.4, -0.2) is 12.6 Å². The van der Waals surface area contributed by atoms with E-state index in [2.05, 4.69) is 6.08 Å². The van der Waals surface area contributed by atoms with Crippen LogP contribution in [0, 0.1) is 5.92 Å². The van der Waals surface area contributed by atoms with Gasteiger partial charge in [0.15, 0.2) is 0 Å². The van der Waals surface area contributed by atoms with E-state index in [9.17, 15) is 4.79 Å². The van der Waals surface area contributed by atoms with Crippen LogP contribution >= 0.6 is 11.6 Å². The highest BCUT2D eigenvalue weighted by molar-refractivity contribution is 6.30. The summed E-state index contributed by atoms with van der Waals surface area (Å²) in [5.41, 5.74) is 2.91. The van der Waals surface area contributed by atoms with Crippen LogP contribution in [0.2, 0.25) is 5.02 Å². The van der Waals surface area contributed by atoms with Crippen molar-refractivity contribution in [2.75, 3.05) is 6.61 Å². The molecule has 0 N–H and O–H groups in total. The molecule has 0 aliphatic heterocycles. The lowest BCUT2D eigenvalue weighted by molar-refractivity contribution is 0.0534. The molecule has 3 heteroatoms. The molecule has 0 heterocycles. The number of ether oxygens (including phenoxy) is 1. The Hall–Kier alpha value is -2.32. The summed E-state index contributed by atoms with van der Waals surface area (Å²) in [5.74, 6) is -0.0246. The predicted molar refractivity (Wildman–Crippen MR) is 92.6 cm³/mol. The Morgan fingerprint density at radius 1 is 1.04 bits per heavy atom. The highest BCUT2D eigenvalue weighted by atomic mass is 35.5. The zero-order valence-corrected chi connectivity index (χ0v) is 13.4. The number of benzene rings is 2. The molecule has 116 valence electrons. The zero-order valence-electron chi connectivity index (χ0n) is 12.6. The van der Waals surface area contributed by atoms with Crippen molar-refractivity contribution >= 4 is 17.6 Å². The molecule has 1 unspecified atom stereocenters. The Bertz CT molecular complexity index is 730. The molecule has 2 nitrogen and oxygen atoms in total. The highest BCUT2D eigenvalue weighted by Crippen LogP contribution is 2.25. The largest absolute Gasteiger partial charge is 0.458 e. The van der Waals surface area contributed by atoms with Crippen LogP contribution < -0.4 is 0 Å². The molecule has 0 amide bonds. The third-order valence-electron chi connectivity index (χ3n) is 3.88. The molecule has 2 aromatic rings. The van der Waals surface area contributed by atoms with E-state index in [1.54, 1.807) is 12.1 Å². The van der Waals surface area contributed by atoms with Gasteiger partial charge in [-0.3, -0.25) is 0 Å². The number of hydrogen-bond acceptors (Lipinski definition) is 2. The standard InChI is InChI=1S/C20H17ClO2/c21-19-11-9-15(10-12-19)13-17-7-4-8-18(17)14-23-20(22)16-5-2-1-3-6-16/h1-12,17H,13-14H2. The molecular weight excluding hydrogens is 308 g/mol. The van der Waals surface area contributed by atoms with Crippen molar-refractivity contribution in [3.05, 3.63) is 94.5 Å². The van der Waals surface area contributed by atoms with Crippen molar-refractivity contribution in [3.8, 4) is 0 Å². The van der Waals surface area contributed by atoms with Crippen molar-refractivity contribution in [1.29, 1.82) is 0 Å². The van der Waals surface area contributed by atoms with Gasteiger partial charge in [-0.15, -0.1) is 0 Å². The van der Waals surface area contributed by atoms with Gasteiger partial charge in [-0.05, 0) is 41.8 Å². The quantitative estimate of drug-likeness (QED) is 0.735. The fourth-order valence-electron chi connectivity index (χ4n) is 2.60. The predicted octanol–water partition coefficient (Wildman–Crippen LogP) is 4.85. The minimum atomic E-state index is -0.288. The SMILES string of the molecule is O=C(OCC1=CC=CC1Cc1ccc(Cl)cc1)c1ccccc1. The number of carbonyl (C=O) groups is 1. The molecule has 0 fully saturated rings. The van der Waals surface area contributed by atoms with Gasteiger partial charge in [-0.25, -0.2) is 4.79 Å². The van der Waals surface area contributed by atoms with Gasteiger partial charge in [0, 0.05) is 10.9 Å². The van der Waals surface area contributed by atoms with Gasteiger partial charge < -0.3 is 4.74 Å². The van der Waals surface area contributed by atoms with E-state index >= 15 is 0 Å². The first-order chi connectivity index (χ1) is 11.2. The Labute approximate surface area is 141 Å². The average Bonchev–Trinajstić information content (AvgIpc) is 3.02. The van der Waals surface area contributed by atoms with Gasteiger partial charge in [0.05, 0.1) is 5.56 Å². The van der Waals surface area contributed by atoms with E-state index in [1.165, 1.54) is 5.56 Å². The van der Waals surface area contributed by atoms with Crippen LogP contribution in [0.25, 0.3) is 0 Å². The maximum absolute atomic E-state index is 12.0. The van der Waals surface area contributed by atoms with Crippen LogP contribution in [0.4, 0.5) is 0 Å². The molecule has 0 aromatic heterocycles. The van der Waals surface area contributed by atoms with Crippen molar-refractivity contribution in [1.82, 2.24) is 0 Å². The van der Waals surface area contributed by atoms with Crippen LogP contribution in [0.15, 0.2) is 78.4 Å². The van der Waals surface area contributed by atoms with Crippen LogP contribution in [0.5, 0.6) is 0 Å². The van der Waals surface area contributed by atoms with Crippen molar-refractivity contribution in [2.45, 2.75) is 6.42 Å². The summed E-state index contributed by atoms with van der Waals surface area (Å²) in [7, 11) is 0. The number of halogens is 1. The first-order valence-corrected chi connectivity index (χ1v) is 7.94. The van der Waals surface area contributed by atoms with E-state index in [0.717, 1.165) is 17.0 Å². The second-order valence-corrected chi connectivity index (χ2v) is 5.94. The number of allylic oxidation sites excluding steroid dienone is 3. The lowest BCUT2D eigenvalue weighted by Crippen LogP contribution is -2.12. The van der Waals surface area contributed by atoms with Gasteiger partial charge in [-0.2, -0.15) is 0 Å². The third-order valence-corrected chi connectivity index (χ3v) is 4.13. The molecule has 1 atom stereocenters. The summed E-state index contributed by atoms with van der Waals surface area (Å²) in [6.07, 6.45) is 7.06. The third kappa shape index (κ3) is 4.11. The molecule has 1 aliphatic carbocycles. The lowest BCUT2D eigenvalue weighted by atomic mass is 9.95. The molecule has 3 rings (SSSR count). The summed E-state index contributed by atoms with van der Waals surface area (Å²) in [6, 6.07) is 16.9. The smallest absolute Gasteiger partial charge is 0.338 e. The molecule has 0 spiro atoms. The number of esters is 1. The number of carbonyl (C=O) groups excluding carboxylic acids is 1. The van der Waals surface area contributed by atoms with Crippen molar-refractivity contribution in [2.24, 2.45) is 5.92 Å². The van der Waals surface area contributed by atoms with E-state index in [-0.39, 0.29) is 11.9 Å². The summed E-state index contributed by atoms with van der Waals surface area (Å²) >= 11 is 5.92. The molecule has 0 saturated carbocycles. The molecule has 23 heavy (non-hydrogen) atoms. The molecule has 1 aliphatic rings. The van der Waals surface area contributed by atoms with Crippen molar-refractivity contribution in [3.63, 3.8) is 0 Å². The average molecular weight is 325 g/mol. The van der Waals surface area contributed by atoms with E-state index in [1.807, 2.05) is 54.6 Å². The highest BCUT2D eigenvalue weighted by Gasteiger charge is 2.17. The first-order valence-electron chi connectivity index (χ1n) is 7.56. The van der Waals surface area contributed by atoms with E-state index in [4.69, 9.17) is 16.3 Å². The normalized spacial score (nSPS) is 16.2. The topological polar surface area (TPSA) is 26.3 Å². The van der Waals surface area contributed by atoms with Gasteiger partial charge >= 0.3 is 5.97 Å².